The van der Waals surface area contributed by atoms with Gasteiger partial charge in [-0.15, -0.1) is 10.2 Å². The zero-order valence-electron chi connectivity index (χ0n) is 11.8. The third-order valence-electron chi connectivity index (χ3n) is 3.79. The summed E-state index contributed by atoms with van der Waals surface area (Å²) in [4.78, 5) is 13.0. The van der Waals surface area contributed by atoms with Gasteiger partial charge in [0.2, 0.25) is 18.2 Å². The monoisotopic (exact) mass is 308 g/mol. The highest BCUT2D eigenvalue weighted by atomic mass is 35.5. The SMILES string of the molecule is CN(c1ncc(Cl)cn1)C1CCN(Cc2nnco2)CC1. The summed E-state index contributed by atoms with van der Waals surface area (Å²) in [5, 5.41) is 8.17. The third-order valence-corrected chi connectivity index (χ3v) is 3.99. The van der Waals surface area contributed by atoms with Crippen molar-refractivity contribution in [3.63, 3.8) is 0 Å². The normalized spacial score (nSPS) is 17.0. The van der Waals surface area contributed by atoms with Gasteiger partial charge in [-0.25, -0.2) is 9.97 Å². The van der Waals surface area contributed by atoms with Crippen molar-refractivity contribution in [2.45, 2.75) is 25.4 Å². The van der Waals surface area contributed by atoms with Crippen molar-refractivity contribution in [1.29, 1.82) is 0 Å². The maximum absolute atomic E-state index is 5.82. The summed E-state index contributed by atoms with van der Waals surface area (Å²) in [5.74, 6) is 1.39. The molecule has 0 atom stereocenters. The Hall–Kier alpha value is -1.73. The Morgan fingerprint density at radius 1 is 1.33 bits per heavy atom. The van der Waals surface area contributed by atoms with Crippen LogP contribution in [0.15, 0.2) is 23.2 Å². The first-order chi connectivity index (χ1) is 10.2. The fourth-order valence-corrected chi connectivity index (χ4v) is 2.67. The van der Waals surface area contributed by atoms with Gasteiger partial charge in [-0.1, -0.05) is 11.6 Å². The predicted molar refractivity (Wildman–Crippen MR) is 78.0 cm³/mol. The average Bonchev–Trinajstić information content (AvgIpc) is 3.01. The second kappa shape index (κ2) is 6.36. The zero-order valence-corrected chi connectivity index (χ0v) is 12.6. The Bertz CT molecular complexity index is 553. The molecule has 0 saturated carbocycles. The topological polar surface area (TPSA) is 71.2 Å². The molecule has 3 heterocycles. The third kappa shape index (κ3) is 3.48. The van der Waals surface area contributed by atoms with E-state index in [0.717, 1.165) is 31.9 Å². The molecule has 0 spiro atoms. The molecule has 21 heavy (non-hydrogen) atoms. The summed E-state index contributed by atoms with van der Waals surface area (Å²) >= 11 is 5.82. The lowest BCUT2D eigenvalue weighted by molar-refractivity contribution is 0.186. The van der Waals surface area contributed by atoms with Crippen LogP contribution < -0.4 is 4.90 Å². The predicted octanol–water partition coefficient (Wildman–Crippen LogP) is 1.61. The van der Waals surface area contributed by atoms with Crippen molar-refractivity contribution in [1.82, 2.24) is 25.1 Å². The van der Waals surface area contributed by atoms with E-state index in [9.17, 15) is 0 Å². The van der Waals surface area contributed by atoms with Crippen LogP contribution in [0.4, 0.5) is 5.95 Å². The Morgan fingerprint density at radius 2 is 2.05 bits per heavy atom. The highest BCUT2D eigenvalue weighted by molar-refractivity contribution is 6.30. The van der Waals surface area contributed by atoms with E-state index >= 15 is 0 Å². The molecule has 2 aromatic heterocycles. The van der Waals surface area contributed by atoms with Crippen molar-refractivity contribution in [3.05, 3.63) is 29.7 Å². The molecule has 1 aliphatic heterocycles. The molecule has 1 aliphatic rings. The number of aromatic nitrogens is 4. The maximum atomic E-state index is 5.82. The molecule has 0 aromatic carbocycles. The van der Waals surface area contributed by atoms with Crippen molar-refractivity contribution < 1.29 is 4.42 Å². The smallest absolute Gasteiger partial charge is 0.230 e. The molecule has 0 N–H and O–H groups in total. The number of hydrogen-bond donors (Lipinski definition) is 0. The number of nitrogens with zero attached hydrogens (tertiary/aromatic N) is 6. The lowest BCUT2D eigenvalue weighted by Crippen LogP contribution is -2.43. The van der Waals surface area contributed by atoms with E-state index < -0.39 is 0 Å². The van der Waals surface area contributed by atoms with E-state index in [1.807, 2.05) is 7.05 Å². The van der Waals surface area contributed by atoms with Crippen LogP contribution in [-0.2, 0) is 6.54 Å². The van der Waals surface area contributed by atoms with E-state index in [4.69, 9.17) is 16.0 Å². The van der Waals surface area contributed by atoms with Gasteiger partial charge in [0, 0.05) is 26.2 Å². The number of anilines is 1. The number of rotatable bonds is 4. The molecule has 0 bridgehead atoms. The lowest BCUT2D eigenvalue weighted by atomic mass is 10.0. The molecule has 1 fully saturated rings. The molecule has 2 aromatic rings. The van der Waals surface area contributed by atoms with E-state index in [2.05, 4.69) is 30.0 Å². The number of hydrogen-bond acceptors (Lipinski definition) is 7. The van der Waals surface area contributed by atoms with Crippen LogP contribution in [0.5, 0.6) is 0 Å². The van der Waals surface area contributed by atoms with E-state index in [1.54, 1.807) is 12.4 Å². The summed E-state index contributed by atoms with van der Waals surface area (Å²) in [6, 6.07) is 0.435. The molecule has 0 unspecified atom stereocenters. The molecule has 0 aliphatic carbocycles. The van der Waals surface area contributed by atoms with Crippen LogP contribution in [0.2, 0.25) is 5.02 Å². The zero-order chi connectivity index (χ0) is 14.7. The first kappa shape index (κ1) is 14.2. The van der Waals surface area contributed by atoms with E-state index in [0.29, 0.717) is 23.5 Å². The van der Waals surface area contributed by atoms with Gasteiger partial charge in [-0.2, -0.15) is 0 Å². The highest BCUT2D eigenvalue weighted by Crippen LogP contribution is 2.20. The Morgan fingerprint density at radius 3 is 2.67 bits per heavy atom. The first-order valence-electron chi connectivity index (χ1n) is 6.90. The summed E-state index contributed by atoms with van der Waals surface area (Å²) < 4.78 is 5.18. The second-order valence-electron chi connectivity index (χ2n) is 5.15. The molecule has 7 nitrogen and oxygen atoms in total. The van der Waals surface area contributed by atoms with Crippen LogP contribution in [0.25, 0.3) is 0 Å². The maximum Gasteiger partial charge on any atom is 0.230 e. The molecule has 112 valence electrons. The van der Waals surface area contributed by atoms with E-state index in [1.165, 1.54) is 6.39 Å². The van der Waals surface area contributed by atoms with Gasteiger partial charge in [-0.05, 0) is 12.8 Å². The van der Waals surface area contributed by atoms with Crippen molar-refractivity contribution in [2.24, 2.45) is 0 Å². The standard InChI is InChI=1S/C13H17ClN6O/c1-19(13-15-6-10(14)7-16-13)11-2-4-20(5-3-11)8-12-18-17-9-21-12/h6-7,9,11H,2-5,8H2,1H3. The van der Waals surface area contributed by atoms with Crippen molar-refractivity contribution >= 4 is 17.5 Å². The summed E-state index contributed by atoms with van der Waals surface area (Å²) in [6.45, 7) is 2.70. The van der Waals surface area contributed by atoms with Crippen molar-refractivity contribution in [2.75, 3.05) is 25.0 Å². The number of piperidine rings is 1. The average molecular weight is 309 g/mol. The summed E-state index contributed by atoms with van der Waals surface area (Å²) in [5.41, 5.74) is 0. The van der Waals surface area contributed by atoms with Gasteiger partial charge in [0.05, 0.1) is 24.0 Å². The molecule has 0 amide bonds. The minimum Gasteiger partial charge on any atom is -0.427 e. The minimum atomic E-state index is 0.435. The fourth-order valence-electron chi connectivity index (χ4n) is 2.57. The van der Waals surface area contributed by atoms with Crippen LogP contribution in [0.1, 0.15) is 18.7 Å². The largest absolute Gasteiger partial charge is 0.427 e. The molecule has 1 saturated heterocycles. The van der Waals surface area contributed by atoms with Crippen LogP contribution in [0.3, 0.4) is 0 Å². The van der Waals surface area contributed by atoms with Crippen LogP contribution >= 0.6 is 11.6 Å². The lowest BCUT2D eigenvalue weighted by Gasteiger charge is -2.36. The molecule has 8 heteroatoms. The van der Waals surface area contributed by atoms with Gasteiger partial charge in [0.1, 0.15) is 0 Å². The second-order valence-corrected chi connectivity index (χ2v) is 5.59. The van der Waals surface area contributed by atoms with Gasteiger partial charge in [0.25, 0.3) is 0 Å². The number of halogens is 1. The molecular weight excluding hydrogens is 292 g/mol. The minimum absolute atomic E-state index is 0.435. The Labute approximate surface area is 128 Å². The molecule has 0 radical (unpaired) electrons. The van der Waals surface area contributed by atoms with E-state index in [-0.39, 0.29) is 0 Å². The summed E-state index contributed by atoms with van der Waals surface area (Å²) in [6.07, 6.45) is 6.73. The van der Waals surface area contributed by atoms with Gasteiger partial charge >= 0.3 is 0 Å². The van der Waals surface area contributed by atoms with Crippen LogP contribution in [-0.4, -0.2) is 51.2 Å². The first-order valence-corrected chi connectivity index (χ1v) is 7.28. The number of likely N-dealkylation sites (tertiary alicyclic amines) is 1. The van der Waals surface area contributed by atoms with Gasteiger partial charge < -0.3 is 9.32 Å². The van der Waals surface area contributed by atoms with Crippen LogP contribution in [0, 0.1) is 0 Å². The molecular formula is C13H17ClN6O. The highest BCUT2D eigenvalue weighted by Gasteiger charge is 2.24. The summed E-state index contributed by atoms with van der Waals surface area (Å²) in [7, 11) is 2.03. The van der Waals surface area contributed by atoms with Gasteiger partial charge in [-0.3, -0.25) is 4.90 Å². The quantitative estimate of drug-likeness (QED) is 0.849. The fraction of sp³-hybridized carbons (Fsp3) is 0.538. The Kier molecular flexibility index (Phi) is 4.31. The van der Waals surface area contributed by atoms with Crippen molar-refractivity contribution in [3.8, 4) is 0 Å². The molecule has 3 rings (SSSR count). The Balaban J connectivity index is 1.54. The van der Waals surface area contributed by atoms with Gasteiger partial charge in [0.15, 0.2) is 0 Å².